The highest BCUT2D eigenvalue weighted by molar-refractivity contribution is 9.10. The first-order valence-electron chi connectivity index (χ1n) is 5.41. The van der Waals surface area contributed by atoms with Crippen LogP contribution in [0.4, 0.5) is 11.4 Å². The standard InChI is InChI=1S/C12H19BrN2/c1-3-4-5-8-15(2)12-9-10(13)6-7-11(12)14/h6-7,9H,3-5,8,14H2,1-2H3. The molecule has 0 fully saturated rings. The first kappa shape index (κ1) is 12.4. The van der Waals surface area contributed by atoms with Crippen molar-refractivity contribution >= 4 is 27.3 Å². The molecule has 0 bridgehead atoms. The van der Waals surface area contributed by atoms with Gasteiger partial charge >= 0.3 is 0 Å². The summed E-state index contributed by atoms with van der Waals surface area (Å²) in [5, 5.41) is 0. The SMILES string of the molecule is CCCCCN(C)c1cc(Br)ccc1N. The monoisotopic (exact) mass is 270 g/mol. The van der Waals surface area contributed by atoms with Crippen molar-refractivity contribution in [3.63, 3.8) is 0 Å². The van der Waals surface area contributed by atoms with Crippen LogP contribution in [-0.4, -0.2) is 13.6 Å². The summed E-state index contributed by atoms with van der Waals surface area (Å²) < 4.78 is 1.08. The van der Waals surface area contributed by atoms with Gasteiger partial charge in [-0.1, -0.05) is 35.7 Å². The van der Waals surface area contributed by atoms with Gasteiger partial charge in [0, 0.05) is 18.1 Å². The third kappa shape index (κ3) is 3.74. The highest BCUT2D eigenvalue weighted by Crippen LogP contribution is 2.26. The van der Waals surface area contributed by atoms with E-state index in [0.717, 1.165) is 22.4 Å². The molecule has 15 heavy (non-hydrogen) atoms. The zero-order chi connectivity index (χ0) is 11.3. The smallest absolute Gasteiger partial charge is 0.0608 e. The van der Waals surface area contributed by atoms with Crippen molar-refractivity contribution < 1.29 is 0 Å². The third-order valence-electron chi connectivity index (χ3n) is 2.50. The van der Waals surface area contributed by atoms with Gasteiger partial charge in [-0.15, -0.1) is 0 Å². The third-order valence-corrected chi connectivity index (χ3v) is 2.99. The van der Waals surface area contributed by atoms with Crippen LogP contribution < -0.4 is 10.6 Å². The molecule has 3 heteroatoms. The molecule has 0 radical (unpaired) electrons. The Bertz CT molecular complexity index is 312. The van der Waals surface area contributed by atoms with Crippen molar-refractivity contribution in [3.8, 4) is 0 Å². The van der Waals surface area contributed by atoms with Crippen molar-refractivity contribution in [1.82, 2.24) is 0 Å². The minimum atomic E-state index is 0.845. The number of anilines is 2. The minimum absolute atomic E-state index is 0.845. The fourth-order valence-corrected chi connectivity index (χ4v) is 1.92. The summed E-state index contributed by atoms with van der Waals surface area (Å²) in [5.74, 6) is 0. The first-order chi connectivity index (χ1) is 7.15. The Hall–Kier alpha value is -0.700. The highest BCUT2D eigenvalue weighted by Gasteiger charge is 2.05. The van der Waals surface area contributed by atoms with E-state index in [4.69, 9.17) is 5.73 Å². The number of rotatable bonds is 5. The summed E-state index contributed by atoms with van der Waals surface area (Å²) >= 11 is 3.46. The molecule has 84 valence electrons. The van der Waals surface area contributed by atoms with Crippen LogP contribution in [-0.2, 0) is 0 Å². The molecular formula is C12H19BrN2. The number of benzene rings is 1. The van der Waals surface area contributed by atoms with Crippen molar-refractivity contribution in [1.29, 1.82) is 0 Å². The Kier molecular flexibility index (Phi) is 4.95. The summed E-state index contributed by atoms with van der Waals surface area (Å²) in [4.78, 5) is 2.22. The number of nitrogens with zero attached hydrogens (tertiary/aromatic N) is 1. The normalized spacial score (nSPS) is 10.3. The van der Waals surface area contributed by atoms with Crippen molar-refractivity contribution in [3.05, 3.63) is 22.7 Å². The number of nitrogens with two attached hydrogens (primary N) is 1. The van der Waals surface area contributed by atoms with Gasteiger partial charge < -0.3 is 10.6 Å². The molecule has 0 amide bonds. The summed E-state index contributed by atoms with van der Waals surface area (Å²) in [7, 11) is 2.09. The maximum Gasteiger partial charge on any atom is 0.0608 e. The molecule has 0 aliphatic carbocycles. The zero-order valence-corrected chi connectivity index (χ0v) is 11.0. The largest absolute Gasteiger partial charge is 0.397 e. The summed E-state index contributed by atoms with van der Waals surface area (Å²) in [6.07, 6.45) is 3.75. The van der Waals surface area contributed by atoms with E-state index in [1.807, 2.05) is 12.1 Å². The van der Waals surface area contributed by atoms with Gasteiger partial charge in [-0.05, 0) is 24.6 Å². The number of hydrogen-bond donors (Lipinski definition) is 1. The Balaban J connectivity index is 2.64. The highest BCUT2D eigenvalue weighted by atomic mass is 79.9. The number of nitrogen functional groups attached to an aromatic ring is 1. The molecule has 0 saturated carbocycles. The molecule has 1 rings (SSSR count). The zero-order valence-electron chi connectivity index (χ0n) is 9.46. The van der Waals surface area contributed by atoms with Crippen LogP contribution in [0, 0.1) is 0 Å². The van der Waals surface area contributed by atoms with Crippen molar-refractivity contribution in [2.75, 3.05) is 24.2 Å². The summed E-state index contributed by atoms with van der Waals surface area (Å²) in [6, 6.07) is 5.98. The van der Waals surface area contributed by atoms with Crippen LogP contribution in [0.15, 0.2) is 22.7 Å². The maximum absolute atomic E-state index is 5.93. The van der Waals surface area contributed by atoms with Crippen molar-refractivity contribution in [2.45, 2.75) is 26.2 Å². The van der Waals surface area contributed by atoms with Gasteiger partial charge in [0.1, 0.15) is 0 Å². The summed E-state index contributed by atoms with van der Waals surface area (Å²) in [5.41, 5.74) is 7.89. The average molecular weight is 271 g/mol. The second kappa shape index (κ2) is 6.01. The molecule has 2 N–H and O–H groups in total. The van der Waals surface area contributed by atoms with E-state index in [0.29, 0.717) is 0 Å². The molecule has 0 heterocycles. The van der Waals surface area contributed by atoms with Crippen LogP contribution in [0.5, 0.6) is 0 Å². The fraction of sp³-hybridized carbons (Fsp3) is 0.500. The molecule has 0 aliphatic rings. The lowest BCUT2D eigenvalue weighted by Crippen LogP contribution is -2.19. The molecule has 1 aromatic rings. The van der Waals surface area contributed by atoms with Gasteiger partial charge in [0.25, 0.3) is 0 Å². The van der Waals surface area contributed by atoms with Gasteiger partial charge in [0.2, 0.25) is 0 Å². The predicted molar refractivity (Wildman–Crippen MR) is 71.3 cm³/mol. The van der Waals surface area contributed by atoms with Gasteiger partial charge in [0.05, 0.1) is 11.4 Å². The fourth-order valence-electron chi connectivity index (χ4n) is 1.57. The van der Waals surface area contributed by atoms with Crippen molar-refractivity contribution in [2.24, 2.45) is 0 Å². The Morgan fingerprint density at radius 1 is 1.33 bits per heavy atom. The molecule has 0 unspecified atom stereocenters. The van der Waals surface area contributed by atoms with E-state index in [2.05, 4.69) is 40.9 Å². The number of halogens is 1. The molecule has 2 nitrogen and oxygen atoms in total. The Labute approximate surface area is 101 Å². The lowest BCUT2D eigenvalue weighted by atomic mass is 10.2. The Morgan fingerprint density at radius 3 is 2.73 bits per heavy atom. The van der Waals surface area contributed by atoms with Crippen LogP contribution in [0.25, 0.3) is 0 Å². The van der Waals surface area contributed by atoms with E-state index in [9.17, 15) is 0 Å². The van der Waals surface area contributed by atoms with Gasteiger partial charge in [-0.25, -0.2) is 0 Å². The van der Waals surface area contributed by atoms with Crippen LogP contribution in [0.2, 0.25) is 0 Å². The quantitative estimate of drug-likeness (QED) is 0.654. The molecule has 0 aromatic heterocycles. The van der Waals surface area contributed by atoms with Gasteiger partial charge in [-0.3, -0.25) is 0 Å². The topological polar surface area (TPSA) is 29.3 Å². The summed E-state index contributed by atoms with van der Waals surface area (Å²) in [6.45, 7) is 3.28. The van der Waals surface area contributed by atoms with E-state index in [1.165, 1.54) is 19.3 Å². The van der Waals surface area contributed by atoms with E-state index >= 15 is 0 Å². The van der Waals surface area contributed by atoms with E-state index in [-0.39, 0.29) is 0 Å². The average Bonchev–Trinajstić information content (AvgIpc) is 2.22. The molecule has 0 spiro atoms. The molecular weight excluding hydrogens is 252 g/mol. The molecule has 0 atom stereocenters. The Morgan fingerprint density at radius 2 is 2.07 bits per heavy atom. The first-order valence-corrected chi connectivity index (χ1v) is 6.20. The van der Waals surface area contributed by atoms with E-state index in [1.54, 1.807) is 0 Å². The van der Waals surface area contributed by atoms with Crippen LogP contribution in [0.3, 0.4) is 0 Å². The van der Waals surface area contributed by atoms with E-state index < -0.39 is 0 Å². The van der Waals surface area contributed by atoms with Gasteiger partial charge in [0.15, 0.2) is 0 Å². The molecule has 0 aliphatic heterocycles. The number of unbranched alkanes of at least 4 members (excludes halogenated alkanes) is 2. The van der Waals surface area contributed by atoms with Crippen LogP contribution in [0.1, 0.15) is 26.2 Å². The molecule has 0 saturated heterocycles. The molecule has 1 aromatic carbocycles. The second-order valence-electron chi connectivity index (χ2n) is 3.83. The number of hydrogen-bond acceptors (Lipinski definition) is 2. The minimum Gasteiger partial charge on any atom is -0.397 e. The lowest BCUT2D eigenvalue weighted by molar-refractivity contribution is 0.705. The van der Waals surface area contributed by atoms with Gasteiger partial charge in [-0.2, -0.15) is 0 Å². The lowest BCUT2D eigenvalue weighted by Gasteiger charge is -2.21. The predicted octanol–water partition coefficient (Wildman–Crippen LogP) is 3.66. The maximum atomic E-state index is 5.93. The van der Waals surface area contributed by atoms with Crippen LogP contribution >= 0.6 is 15.9 Å². The second-order valence-corrected chi connectivity index (χ2v) is 4.75.